The van der Waals surface area contributed by atoms with Crippen LogP contribution in [0.5, 0.6) is 0 Å². The summed E-state index contributed by atoms with van der Waals surface area (Å²) in [6, 6.07) is 12.6. The van der Waals surface area contributed by atoms with E-state index in [4.69, 9.17) is 0 Å². The molecule has 0 bridgehead atoms. The van der Waals surface area contributed by atoms with Gasteiger partial charge in [0, 0.05) is 17.1 Å². The van der Waals surface area contributed by atoms with Gasteiger partial charge in [0.2, 0.25) is 0 Å². The van der Waals surface area contributed by atoms with Gasteiger partial charge in [0.05, 0.1) is 27.0 Å². The van der Waals surface area contributed by atoms with E-state index in [9.17, 15) is 26.4 Å². The summed E-state index contributed by atoms with van der Waals surface area (Å²) in [5.41, 5.74) is 0.585. The molecule has 1 N–H and O–H groups in total. The first-order valence-electron chi connectivity index (χ1n) is 10.4. The Morgan fingerprint density at radius 1 is 1.06 bits per heavy atom. The molecule has 0 saturated carbocycles. The first-order chi connectivity index (χ1) is 15.4. The normalized spacial score (nSPS) is 13.1. The summed E-state index contributed by atoms with van der Waals surface area (Å²) in [5, 5.41) is 2.16. The number of carbonyl (C=O) groups excluding carboxylic acids is 1. The SMILES string of the molecule is CCC(C)S(=O)(=O)c1ccc(NC(=O)c2cc(C)n(-c3ccccc3C(F)(F)F)c2C)cc1. The van der Waals surface area contributed by atoms with Crippen LogP contribution in [0.15, 0.2) is 59.5 Å². The Bertz CT molecular complexity index is 1280. The molecule has 1 amide bonds. The number of aryl methyl sites for hydroxylation is 1. The predicted molar refractivity (Wildman–Crippen MR) is 122 cm³/mol. The molecule has 0 aliphatic carbocycles. The first-order valence-corrected chi connectivity index (χ1v) is 11.9. The number of anilines is 1. The third-order valence-electron chi connectivity index (χ3n) is 5.67. The van der Waals surface area contributed by atoms with Gasteiger partial charge in [0.15, 0.2) is 9.84 Å². The molecule has 1 aromatic heterocycles. The minimum absolute atomic E-state index is 0.0568. The Balaban J connectivity index is 1.91. The highest BCUT2D eigenvalue weighted by Crippen LogP contribution is 2.35. The average molecular weight is 479 g/mol. The van der Waals surface area contributed by atoms with Gasteiger partial charge >= 0.3 is 6.18 Å². The number of carbonyl (C=O) groups is 1. The maximum absolute atomic E-state index is 13.5. The highest BCUT2D eigenvalue weighted by Gasteiger charge is 2.34. The van der Waals surface area contributed by atoms with E-state index in [1.807, 2.05) is 0 Å². The van der Waals surface area contributed by atoms with Crippen LogP contribution in [-0.2, 0) is 16.0 Å². The molecule has 9 heteroatoms. The fraction of sp³-hybridized carbons (Fsp3) is 0.292. The fourth-order valence-electron chi connectivity index (χ4n) is 3.65. The van der Waals surface area contributed by atoms with Crippen molar-refractivity contribution in [2.24, 2.45) is 0 Å². The number of rotatable bonds is 6. The van der Waals surface area contributed by atoms with Crippen LogP contribution in [0.25, 0.3) is 5.69 Å². The Morgan fingerprint density at radius 2 is 1.67 bits per heavy atom. The van der Waals surface area contributed by atoms with Gasteiger partial charge in [-0.2, -0.15) is 13.2 Å². The average Bonchev–Trinajstić information content (AvgIpc) is 3.06. The van der Waals surface area contributed by atoms with E-state index in [-0.39, 0.29) is 16.1 Å². The van der Waals surface area contributed by atoms with Crippen LogP contribution in [-0.4, -0.2) is 24.1 Å². The molecule has 0 spiro atoms. The number of hydrogen-bond donors (Lipinski definition) is 1. The van der Waals surface area contributed by atoms with Crippen LogP contribution in [0.3, 0.4) is 0 Å². The molecule has 5 nitrogen and oxygen atoms in total. The molecule has 0 radical (unpaired) electrons. The van der Waals surface area contributed by atoms with Gasteiger partial charge in [-0.05, 0) is 69.7 Å². The monoisotopic (exact) mass is 478 g/mol. The number of hydrogen-bond acceptors (Lipinski definition) is 3. The molecule has 0 fully saturated rings. The second-order valence-electron chi connectivity index (χ2n) is 7.88. The lowest BCUT2D eigenvalue weighted by atomic mass is 10.1. The van der Waals surface area contributed by atoms with E-state index in [1.54, 1.807) is 27.7 Å². The fourth-order valence-corrected chi connectivity index (χ4v) is 5.07. The van der Waals surface area contributed by atoms with E-state index < -0.39 is 32.7 Å². The highest BCUT2D eigenvalue weighted by molar-refractivity contribution is 7.92. The van der Waals surface area contributed by atoms with Gasteiger partial charge in [-0.25, -0.2) is 8.42 Å². The molecule has 33 heavy (non-hydrogen) atoms. The summed E-state index contributed by atoms with van der Waals surface area (Å²) in [6.07, 6.45) is -4.06. The summed E-state index contributed by atoms with van der Waals surface area (Å²) in [6.45, 7) is 6.64. The Kier molecular flexibility index (Phi) is 6.74. The molecular weight excluding hydrogens is 453 g/mol. The van der Waals surface area contributed by atoms with Gasteiger partial charge in [-0.3, -0.25) is 4.79 Å². The topological polar surface area (TPSA) is 68.2 Å². The Morgan fingerprint density at radius 3 is 2.24 bits per heavy atom. The van der Waals surface area contributed by atoms with Crippen LogP contribution in [0.1, 0.15) is 47.6 Å². The summed E-state index contributed by atoms with van der Waals surface area (Å²) < 4.78 is 66.8. The van der Waals surface area contributed by atoms with E-state index in [0.717, 1.165) is 6.07 Å². The van der Waals surface area contributed by atoms with E-state index in [0.29, 0.717) is 23.5 Å². The van der Waals surface area contributed by atoms with Crippen molar-refractivity contribution in [2.45, 2.75) is 50.4 Å². The lowest BCUT2D eigenvalue weighted by Gasteiger charge is -2.17. The Labute approximate surface area is 191 Å². The van der Waals surface area contributed by atoms with Crippen LogP contribution in [0.2, 0.25) is 0 Å². The molecule has 3 aromatic rings. The summed E-state index contributed by atoms with van der Waals surface area (Å²) in [7, 11) is -3.45. The second-order valence-corrected chi connectivity index (χ2v) is 10.2. The number of para-hydroxylation sites is 1. The zero-order chi connectivity index (χ0) is 24.6. The molecule has 0 aliphatic rings. The molecule has 0 aliphatic heterocycles. The summed E-state index contributed by atoms with van der Waals surface area (Å²) in [4.78, 5) is 13.0. The second kappa shape index (κ2) is 9.05. The maximum atomic E-state index is 13.5. The minimum atomic E-state index is -4.54. The Hall–Kier alpha value is -3.07. The number of nitrogens with one attached hydrogen (secondary N) is 1. The summed E-state index contributed by atoms with van der Waals surface area (Å²) >= 11 is 0. The number of benzene rings is 2. The van der Waals surface area contributed by atoms with E-state index in [2.05, 4.69) is 5.32 Å². The number of nitrogens with zero attached hydrogens (tertiary/aromatic N) is 1. The van der Waals surface area contributed by atoms with E-state index >= 15 is 0 Å². The quantitative estimate of drug-likeness (QED) is 0.477. The molecule has 176 valence electrons. The zero-order valence-electron chi connectivity index (χ0n) is 18.7. The predicted octanol–water partition coefficient (Wildman–Crippen LogP) is 5.94. The molecular formula is C24H25F3N2O3S. The van der Waals surface area contributed by atoms with E-state index in [1.165, 1.54) is 53.1 Å². The lowest BCUT2D eigenvalue weighted by Crippen LogP contribution is -2.17. The third kappa shape index (κ3) is 4.83. The highest BCUT2D eigenvalue weighted by atomic mass is 32.2. The van der Waals surface area contributed by atoms with Crippen LogP contribution < -0.4 is 5.32 Å². The van der Waals surface area contributed by atoms with Gasteiger partial charge in [-0.1, -0.05) is 19.1 Å². The molecule has 0 saturated heterocycles. The number of sulfone groups is 1. The lowest BCUT2D eigenvalue weighted by molar-refractivity contribution is -0.137. The third-order valence-corrected chi connectivity index (χ3v) is 7.99. The van der Waals surface area contributed by atoms with Crippen molar-refractivity contribution >= 4 is 21.4 Å². The van der Waals surface area contributed by atoms with Crippen molar-refractivity contribution in [1.29, 1.82) is 0 Å². The van der Waals surface area contributed by atoms with Crippen molar-refractivity contribution in [2.75, 3.05) is 5.32 Å². The molecule has 3 rings (SSSR count). The van der Waals surface area contributed by atoms with Crippen molar-refractivity contribution < 1.29 is 26.4 Å². The van der Waals surface area contributed by atoms with Crippen LogP contribution in [0, 0.1) is 13.8 Å². The smallest absolute Gasteiger partial charge is 0.322 e. The van der Waals surface area contributed by atoms with Crippen LogP contribution in [0.4, 0.5) is 18.9 Å². The molecule has 2 aromatic carbocycles. The maximum Gasteiger partial charge on any atom is 0.418 e. The van der Waals surface area contributed by atoms with Crippen molar-refractivity contribution in [3.63, 3.8) is 0 Å². The van der Waals surface area contributed by atoms with Gasteiger partial charge < -0.3 is 9.88 Å². The summed E-state index contributed by atoms with van der Waals surface area (Å²) in [5.74, 6) is -0.503. The molecule has 1 heterocycles. The van der Waals surface area contributed by atoms with Gasteiger partial charge in [-0.15, -0.1) is 0 Å². The first kappa shape index (κ1) is 24.6. The van der Waals surface area contributed by atoms with Crippen molar-refractivity contribution in [3.05, 3.63) is 77.1 Å². The molecule has 1 unspecified atom stereocenters. The van der Waals surface area contributed by atoms with Gasteiger partial charge in [0.1, 0.15) is 0 Å². The number of amides is 1. The van der Waals surface area contributed by atoms with Crippen molar-refractivity contribution in [3.8, 4) is 5.69 Å². The number of aromatic nitrogens is 1. The largest absolute Gasteiger partial charge is 0.418 e. The van der Waals surface area contributed by atoms with Crippen molar-refractivity contribution in [1.82, 2.24) is 4.57 Å². The number of alkyl halides is 3. The van der Waals surface area contributed by atoms with Crippen LogP contribution >= 0.6 is 0 Å². The molecule has 1 atom stereocenters. The standard InChI is InChI=1S/C24H25F3N2O3S/c1-5-16(3)33(31,32)19-12-10-18(11-13-19)28-23(30)20-14-15(2)29(17(20)4)22-9-7-6-8-21(22)24(25,26)27/h6-14,16H,5H2,1-4H3,(H,28,30). The van der Waals surface area contributed by atoms with Gasteiger partial charge in [0.25, 0.3) is 5.91 Å². The zero-order valence-corrected chi connectivity index (χ0v) is 19.5. The number of halogens is 3. The minimum Gasteiger partial charge on any atom is -0.322 e.